The summed E-state index contributed by atoms with van der Waals surface area (Å²) in [4.78, 5) is 21.7. The van der Waals surface area contributed by atoms with E-state index in [9.17, 15) is 4.79 Å². The van der Waals surface area contributed by atoms with Gasteiger partial charge in [-0.15, -0.1) is 0 Å². The first-order valence-corrected chi connectivity index (χ1v) is 8.70. The second kappa shape index (κ2) is 7.03. The summed E-state index contributed by atoms with van der Waals surface area (Å²) in [7, 11) is 1.93. The van der Waals surface area contributed by atoms with Gasteiger partial charge in [-0.2, -0.15) is 0 Å². The number of nitrogens with one attached hydrogen (secondary N) is 1. The maximum atomic E-state index is 12.9. The van der Waals surface area contributed by atoms with E-state index in [1.165, 1.54) is 0 Å². The molecule has 7 nitrogen and oxygen atoms in total. The zero-order chi connectivity index (χ0) is 18.8. The highest BCUT2D eigenvalue weighted by atomic mass is 16.5. The third kappa shape index (κ3) is 3.31. The van der Waals surface area contributed by atoms with Gasteiger partial charge in [0, 0.05) is 38.0 Å². The van der Waals surface area contributed by atoms with E-state index < -0.39 is 0 Å². The molecule has 1 aromatic carbocycles. The fourth-order valence-electron chi connectivity index (χ4n) is 3.05. The van der Waals surface area contributed by atoms with Crippen LogP contribution in [-0.2, 0) is 13.5 Å². The van der Waals surface area contributed by atoms with Crippen LogP contribution in [0.25, 0.3) is 22.4 Å². The molecule has 7 heteroatoms. The third-order valence-corrected chi connectivity index (χ3v) is 4.49. The van der Waals surface area contributed by atoms with E-state index >= 15 is 0 Å². The van der Waals surface area contributed by atoms with E-state index in [1.54, 1.807) is 19.2 Å². The summed E-state index contributed by atoms with van der Waals surface area (Å²) in [5, 5.41) is 7.58. The lowest BCUT2D eigenvalue weighted by atomic mass is 10.1. The zero-order valence-electron chi connectivity index (χ0n) is 15.1. The average Bonchev–Trinajstić information content (AvgIpc) is 3.27. The molecule has 0 saturated heterocycles. The van der Waals surface area contributed by atoms with Crippen molar-refractivity contribution < 1.29 is 9.32 Å². The van der Waals surface area contributed by atoms with Crippen LogP contribution in [0.2, 0.25) is 0 Å². The summed E-state index contributed by atoms with van der Waals surface area (Å²) in [6.45, 7) is 2.29. The SMILES string of the molecule is Cc1noc2nc(-c3ccccc3)cc(C(=O)NCCc3nccn3C)c12. The second-order valence-corrected chi connectivity index (χ2v) is 6.33. The molecule has 0 aliphatic heterocycles. The van der Waals surface area contributed by atoms with Crippen molar-refractivity contribution in [3.63, 3.8) is 0 Å². The Balaban J connectivity index is 1.64. The quantitative estimate of drug-likeness (QED) is 0.591. The molecular formula is C20H19N5O2. The molecule has 4 rings (SSSR count). The molecule has 27 heavy (non-hydrogen) atoms. The number of hydrogen-bond donors (Lipinski definition) is 1. The Kier molecular flexibility index (Phi) is 4.42. The second-order valence-electron chi connectivity index (χ2n) is 6.33. The molecule has 0 radical (unpaired) electrons. The van der Waals surface area contributed by atoms with Crippen molar-refractivity contribution in [2.24, 2.45) is 7.05 Å². The molecule has 0 fully saturated rings. The Bertz CT molecular complexity index is 1100. The van der Waals surface area contributed by atoms with Gasteiger partial charge in [0.05, 0.1) is 22.3 Å². The lowest BCUT2D eigenvalue weighted by molar-refractivity contribution is 0.0955. The molecule has 3 aromatic heterocycles. The molecule has 0 aliphatic rings. The average molecular weight is 361 g/mol. The van der Waals surface area contributed by atoms with Crippen LogP contribution < -0.4 is 5.32 Å². The largest absolute Gasteiger partial charge is 0.352 e. The number of imidazole rings is 1. The van der Waals surface area contributed by atoms with Gasteiger partial charge in [0.25, 0.3) is 11.6 Å². The summed E-state index contributed by atoms with van der Waals surface area (Å²) >= 11 is 0. The van der Waals surface area contributed by atoms with Crippen LogP contribution in [0.3, 0.4) is 0 Å². The van der Waals surface area contributed by atoms with Crippen LogP contribution >= 0.6 is 0 Å². The van der Waals surface area contributed by atoms with E-state index in [0.29, 0.717) is 41.0 Å². The number of carbonyl (C=O) groups excluding carboxylic acids is 1. The van der Waals surface area contributed by atoms with Crippen molar-refractivity contribution in [3.8, 4) is 11.3 Å². The molecule has 136 valence electrons. The van der Waals surface area contributed by atoms with Crippen LogP contribution in [-0.4, -0.2) is 32.1 Å². The van der Waals surface area contributed by atoms with Crippen molar-refractivity contribution >= 4 is 17.0 Å². The highest BCUT2D eigenvalue weighted by molar-refractivity contribution is 6.06. The smallest absolute Gasteiger partial charge is 0.259 e. The van der Waals surface area contributed by atoms with E-state index in [0.717, 1.165) is 11.4 Å². The monoisotopic (exact) mass is 361 g/mol. The Morgan fingerprint density at radius 3 is 2.81 bits per heavy atom. The lowest BCUT2D eigenvalue weighted by Crippen LogP contribution is -2.26. The van der Waals surface area contributed by atoms with Crippen molar-refractivity contribution in [1.82, 2.24) is 25.0 Å². The molecule has 0 spiro atoms. The molecule has 3 heterocycles. The fraction of sp³-hybridized carbons (Fsp3) is 0.200. The van der Waals surface area contributed by atoms with Crippen molar-refractivity contribution in [1.29, 1.82) is 0 Å². The maximum absolute atomic E-state index is 12.9. The normalized spacial score (nSPS) is 11.0. The minimum Gasteiger partial charge on any atom is -0.352 e. The number of benzene rings is 1. The highest BCUT2D eigenvalue weighted by Gasteiger charge is 2.19. The zero-order valence-corrected chi connectivity index (χ0v) is 15.1. The van der Waals surface area contributed by atoms with Gasteiger partial charge in [-0.3, -0.25) is 4.79 Å². The Morgan fingerprint density at radius 1 is 1.26 bits per heavy atom. The van der Waals surface area contributed by atoms with E-state index in [1.807, 2.05) is 48.1 Å². The van der Waals surface area contributed by atoms with Crippen LogP contribution in [0.5, 0.6) is 0 Å². The van der Waals surface area contributed by atoms with Gasteiger partial charge >= 0.3 is 0 Å². The number of carbonyl (C=O) groups is 1. The molecule has 0 saturated carbocycles. The number of fused-ring (bicyclic) bond motifs is 1. The molecule has 0 bridgehead atoms. The number of rotatable bonds is 5. The lowest BCUT2D eigenvalue weighted by Gasteiger charge is -2.08. The van der Waals surface area contributed by atoms with E-state index in [-0.39, 0.29) is 5.91 Å². The molecule has 0 aliphatic carbocycles. The number of aromatic nitrogens is 4. The van der Waals surface area contributed by atoms with E-state index in [4.69, 9.17) is 4.52 Å². The van der Waals surface area contributed by atoms with Crippen LogP contribution in [0.15, 0.2) is 53.3 Å². The van der Waals surface area contributed by atoms with Crippen molar-refractivity contribution in [3.05, 3.63) is 65.9 Å². The van der Waals surface area contributed by atoms with Crippen LogP contribution in [0.1, 0.15) is 21.9 Å². The minimum atomic E-state index is -0.180. The molecule has 0 atom stereocenters. The fourth-order valence-corrected chi connectivity index (χ4v) is 3.05. The Hall–Kier alpha value is -3.48. The summed E-state index contributed by atoms with van der Waals surface area (Å²) in [6, 6.07) is 11.5. The van der Waals surface area contributed by atoms with Crippen LogP contribution in [0, 0.1) is 6.92 Å². The molecule has 1 amide bonds. The van der Waals surface area contributed by atoms with Gasteiger partial charge in [-0.25, -0.2) is 9.97 Å². The Labute approximate surface area is 156 Å². The third-order valence-electron chi connectivity index (χ3n) is 4.49. The first-order valence-electron chi connectivity index (χ1n) is 8.70. The van der Waals surface area contributed by atoms with Crippen molar-refractivity contribution in [2.45, 2.75) is 13.3 Å². The van der Waals surface area contributed by atoms with Gasteiger partial charge in [-0.05, 0) is 13.0 Å². The predicted molar refractivity (Wildman–Crippen MR) is 101 cm³/mol. The molecule has 0 unspecified atom stereocenters. The molecular weight excluding hydrogens is 342 g/mol. The first kappa shape index (κ1) is 17.0. The standard InChI is InChI=1S/C20H19N5O2/c1-13-18-15(19(26)22-9-8-17-21-10-11-25(17)2)12-16(23-20(18)27-24-13)14-6-4-3-5-7-14/h3-7,10-12H,8-9H2,1-2H3,(H,22,26). The maximum Gasteiger partial charge on any atom is 0.259 e. The Morgan fingerprint density at radius 2 is 2.07 bits per heavy atom. The summed E-state index contributed by atoms with van der Waals surface area (Å²) in [5.41, 5.74) is 3.11. The van der Waals surface area contributed by atoms with Gasteiger partial charge in [0.15, 0.2) is 0 Å². The summed E-state index contributed by atoms with van der Waals surface area (Å²) in [6.07, 6.45) is 4.28. The number of amides is 1. The first-order chi connectivity index (χ1) is 13.1. The topological polar surface area (TPSA) is 85.8 Å². The van der Waals surface area contributed by atoms with Gasteiger partial charge in [-0.1, -0.05) is 35.5 Å². The summed E-state index contributed by atoms with van der Waals surface area (Å²) in [5.74, 6) is 0.737. The number of aryl methyl sites for hydroxylation is 2. The van der Waals surface area contributed by atoms with E-state index in [2.05, 4.69) is 20.4 Å². The van der Waals surface area contributed by atoms with Gasteiger partial charge in [0.2, 0.25) is 0 Å². The number of pyridine rings is 1. The number of nitrogens with zero attached hydrogens (tertiary/aromatic N) is 4. The molecule has 4 aromatic rings. The minimum absolute atomic E-state index is 0.180. The molecule has 1 N–H and O–H groups in total. The highest BCUT2D eigenvalue weighted by Crippen LogP contribution is 2.26. The van der Waals surface area contributed by atoms with Crippen LogP contribution in [0.4, 0.5) is 0 Å². The van der Waals surface area contributed by atoms with Crippen molar-refractivity contribution in [2.75, 3.05) is 6.54 Å². The van der Waals surface area contributed by atoms with Gasteiger partial charge in [0.1, 0.15) is 5.82 Å². The summed E-state index contributed by atoms with van der Waals surface area (Å²) < 4.78 is 7.27. The number of hydrogen-bond acceptors (Lipinski definition) is 5. The predicted octanol–water partition coefficient (Wildman–Crippen LogP) is 2.90. The van der Waals surface area contributed by atoms with Gasteiger partial charge < -0.3 is 14.4 Å².